The molecule has 0 aromatic heterocycles. The van der Waals surface area contributed by atoms with Gasteiger partial charge in [0, 0.05) is 30.6 Å². The molecular formula is C21H25NO4. The van der Waals surface area contributed by atoms with Crippen LogP contribution in [0.4, 0.5) is 0 Å². The molecule has 2 aliphatic heterocycles. The van der Waals surface area contributed by atoms with E-state index in [1.807, 2.05) is 31.2 Å². The van der Waals surface area contributed by atoms with Crippen molar-refractivity contribution in [3.05, 3.63) is 47.5 Å². The molecule has 2 aliphatic rings. The number of rotatable bonds is 6. The standard InChI is InChI=1S/C21H25NO4/c1-3-23-20-9-15-8-14(2)25-21(15)10-16(20)11-22-12-17-13-24-18-6-4-5-7-19(18)26-17/h4-7,9-10,14,17,22H,3,8,11-13H2,1-2H3. The molecule has 0 fully saturated rings. The minimum atomic E-state index is -0.00820. The van der Waals surface area contributed by atoms with Crippen LogP contribution in [0.25, 0.3) is 0 Å². The Labute approximate surface area is 154 Å². The molecule has 2 aromatic rings. The second-order valence-corrected chi connectivity index (χ2v) is 6.76. The molecule has 0 saturated heterocycles. The van der Waals surface area contributed by atoms with E-state index in [-0.39, 0.29) is 12.2 Å². The lowest BCUT2D eigenvalue weighted by atomic mass is 10.1. The SMILES string of the molecule is CCOc1cc2c(cc1CNCC1COc3ccccc3O1)OC(C)C2. The van der Waals surface area contributed by atoms with E-state index in [0.29, 0.717) is 26.3 Å². The van der Waals surface area contributed by atoms with E-state index < -0.39 is 0 Å². The molecule has 2 heterocycles. The van der Waals surface area contributed by atoms with Gasteiger partial charge in [-0.15, -0.1) is 0 Å². The van der Waals surface area contributed by atoms with Gasteiger partial charge in [-0.25, -0.2) is 0 Å². The van der Waals surface area contributed by atoms with Gasteiger partial charge < -0.3 is 24.3 Å². The quantitative estimate of drug-likeness (QED) is 0.861. The van der Waals surface area contributed by atoms with E-state index in [2.05, 4.69) is 24.4 Å². The number of fused-ring (bicyclic) bond motifs is 2. The van der Waals surface area contributed by atoms with Crippen LogP contribution in [0.2, 0.25) is 0 Å². The summed E-state index contributed by atoms with van der Waals surface area (Å²) in [7, 11) is 0. The molecule has 0 spiro atoms. The molecule has 2 unspecified atom stereocenters. The lowest BCUT2D eigenvalue weighted by molar-refractivity contribution is 0.0901. The van der Waals surface area contributed by atoms with Gasteiger partial charge in [0.05, 0.1) is 6.61 Å². The molecule has 26 heavy (non-hydrogen) atoms. The van der Waals surface area contributed by atoms with Gasteiger partial charge in [-0.1, -0.05) is 12.1 Å². The van der Waals surface area contributed by atoms with E-state index >= 15 is 0 Å². The maximum atomic E-state index is 5.99. The van der Waals surface area contributed by atoms with Crippen molar-refractivity contribution in [3.8, 4) is 23.0 Å². The average Bonchev–Trinajstić information content (AvgIpc) is 3.01. The van der Waals surface area contributed by atoms with Crippen molar-refractivity contribution in [2.75, 3.05) is 19.8 Å². The van der Waals surface area contributed by atoms with Crippen LogP contribution in [0.1, 0.15) is 25.0 Å². The average molecular weight is 355 g/mol. The highest BCUT2D eigenvalue weighted by Crippen LogP contribution is 2.35. The number of para-hydroxylation sites is 2. The Balaban J connectivity index is 1.38. The first-order chi connectivity index (χ1) is 12.7. The van der Waals surface area contributed by atoms with Gasteiger partial charge >= 0.3 is 0 Å². The van der Waals surface area contributed by atoms with E-state index in [0.717, 1.165) is 35.0 Å². The summed E-state index contributed by atoms with van der Waals surface area (Å²) in [5, 5.41) is 3.46. The predicted octanol–water partition coefficient (Wildman–Crippen LogP) is 3.34. The summed E-state index contributed by atoms with van der Waals surface area (Å²) in [6, 6.07) is 12.0. The molecule has 0 aliphatic carbocycles. The molecule has 4 rings (SSSR count). The molecule has 5 nitrogen and oxygen atoms in total. The second kappa shape index (κ2) is 7.46. The van der Waals surface area contributed by atoms with Crippen molar-refractivity contribution in [1.82, 2.24) is 5.32 Å². The molecule has 0 saturated carbocycles. The topological polar surface area (TPSA) is 49.0 Å². The Bertz CT molecular complexity index is 777. The summed E-state index contributed by atoms with van der Waals surface area (Å²) in [6.07, 6.45) is 1.16. The van der Waals surface area contributed by atoms with Crippen LogP contribution in [0.5, 0.6) is 23.0 Å². The van der Waals surface area contributed by atoms with Gasteiger partial charge in [0.2, 0.25) is 0 Å². The Morgan fingerprint density at radius 2 is 1.96 bits per heavy atom. The lowest BCUT2D eigenvalue weighted by Gasteiger charge is -2.26. The maximum Gasteiger partial charge on any atom is 0.161 e. The summed E-state index contributed by atoms with van der Waals surface area (Å²) in [5.74, 6) is 3.53. The van der Waals surface area contributed by atoms with Crippen LogP contribution in [0.3, 0.4) is 0 Å². The molecule has 2 aromatic carbocycles. The lowest BCUT2D eigenvalue weighted by Crippen LogP contribution is -2.38. The molecular weight excluding hydrogens is 330 g/mol. The Morgan fingerprint density at radius 3 is 2.81 bits per heavy atom. The van der Waals surface area contributed by atoms with Crippen LogP contribution in [-0.2, 0) is 13.0 Å². The van der Waals surface area contributed by atoms with Gasteiger partial charge in [-0.3, -0.25) is 0 Å². The van der Waals surface area contributed by atoms with Crippen molar-refractivity contribution in [3.63, 3.8) is 0 Å². The minimum Gasteiger partial charge on any atom is -0.494 e. The van der Waals surface area contributed by atoms with Crippen LogP contribution in [0.15, 0.2) is 36.4 Å². The maximum absolute atomic E-state index is 5.99. The highest BCUT2D eigenvalue weighted by Gasteiger charge is 2.23. The summed E-state index contributed by atoms with van der Waals surface area (Å²) in [6.45, 7) is 6.70. The summed E-state index contributed by atoms with van der Waals surface area (Å²) in [4.78, 5) is 0. The molecule has 138 valence electrons. The number of ether oxygens (including phenoxy) is 4. The molecule has 0 amide bonds. The zero-order chi connectivity index (χ0) is 17.9. The smallest absolute Gasteiger partial charge is 0.161 e. The van der Waals surface area contributed by atoms with E-state index in [1.165, 1.54) is 5.56 Å². The fraction of sp³-hybridized carbons (Fsp3) is 0.429. The van der Waals surface area contributed by atoms with Gasteiger partial charge in [-0.2, -0.15) is 0 Å². The first-order valence-corrected chi connectivity index (χ1v) is 9.27. The number of hydrogen-bond donors (Lipinski definition) is 1. The highest BCUT2D eigenvalue weighted by atomic mass is 16.6. The fourth-order valence-electron chi connectivity index (χ4n) is 3.44. The minimum absolute atomic E-state index is 0.00820. The first-order valence-electron chi connectivity index (χ1n) is 9.27. The van der Waals surface area contributed by atoms with Crippen molar-refractivity contribution in [2.24, 2.45) is 0 Å². The largest absolute Gasteiger partial charge is 0.494 e. The third-order valence-electron chi connectivity index (χ3n) is 4.63. The van der Waals surface area contributed by atoms with Crippen LogP contribution in [-0.4, -0.2) is 32.0 Å². The summed E-state index contributed by atoms with van der Waals surface area (Å²) < 4.78 is 23.5. The molecule has 0 radical (unpaired) electrons. The normalized spacial score (nSPS) is 20.4. The zero-order valence-corrected chi connectivity index (χ0v) is 15.3. The highest BCUT2D eigenvalue weighted by molar-refractivity contribution is 5.48. The van der Waals surface area contributed by atoms with E-state index in [1.54, 1.807) is 0 Å². The van der Waals surface area contributed by atoms with Crippen molar-refractivity contribution >= 4 is 0 Å². The number of nitrogens with one attached hydrogen (secondary N) is 1. The van der Waals surface area contributed by atoms with E-state index in [9.17, 15) is 0 Å². The Kier molecular flexibility index (Phi) is 4.89. The zero-order valence-electron chi connectivity index (χ0n) is 15.3. The van der Waals surface area contributed by atoms with Crippen LogP contribution < -0.4 is 24.3 Å². The van der Waals surface area contributed by atoms with Crippen molar-refractivity contribution < 1.29 is 18.9 Å². The molecule has 2 atom stereocenters. The number of hydrogen-bond acceptors (Lipinski definition) is 5. The number of benzene rings is 2. The monoisotopic (exact) mass is 355 g/mol. The summed E-state index contributed by atoms with van der Waals surface area (Å²) >= 11 is 0. The van der Waals surface area contributed by atoms with Crippen LogP contribution in [0, 0.1) is 0 Å². The van der Waals surface area contributed by atoms with Gasteiger partial charge in [0.1, 0.15) is 30.3 Å². The molecule has 0 bridgehead atoms. The molecule has 1 N–H and O–H groups in total. The first kappa shape index (κ1) is 17.0. The van der Waals surface area contributed by atoms with Gasteiger partial charge in [-0.05, 0) is 38.1 Å². The van der Waals surface area contributed by atoms with E-state index in [4.69, 9.17) is 18.9 Å². The summed E-state index contributed by atoms with van der Waals surface area (Å²) in [5.41, 5.74) is 2.34. The Morgan fingerprint density at radius 1 is 1.12 bits per heavy atom. The fourth-order valence-corrected chi connectivity index (χ4v) is 3.44. The predicted molar refractivity (Wildman–Crippen MR) is 99.5 cm³/mol. The van der Waals surface area contributed by atoms with Gasteiger partial charge in [0.15, 0.2) is 11.5 Å². The van der Waals surface area contributed by atoms with Crippen molar-refractivity contribution in [1.29, 1.82) is 0 Å². The van der Waals surface area contributed by atoms with Gasteiger partial charge in [0.25, 0.3) is 0 Å². The van der Waals surface area contributed by atoms with Crippen molar-refractivity contribution in [2.45, 2.75) is 39.0 Å². The Hall–Kier alpha value is -2.40. The second-order valence-electron chi connectivity index (χ2n) is 6.76. The molecule has 5 heteroatoms. The van der Waals surface area contributed by atoms with Crippen LogP contribution >= 0.6 is 0 Å². The third-order valence-corrected chi connectivity index (χ3v) is 4.63. The third kappa shape index (κ3) is 3.58.